The fraction of sp³-hybridized carbons (Fsp3) is 0.214. The van der Waals surface area contributed by atoms with Gasteiger partial charge in [0.25, 0.3) is 0 Å². The summed E-state index contributed by atoms with van der Waals surface area (Å²) in [4.78, 5) is 21.5. The fourth-order valence-electron chi connectivity index (χ4n) is 4.48. The van der Waals surface area contributed by atoms with E-state index < -0.39 is 12.2 Å². The average molecular weight is 605 g/mol. The summed E-state index contributed by atoms with van der Waals surface area (Å²) in [5, 5.41) is 4.85. The van der Waals surface area contributed by atoms with Crippen LogP contribution in [-0.2, 0) is 11.3 Å². The predicted octanol–water partition coefficient (Wildman–Crippen LogP) is 7.81. The van der Waals surface area contributed by atoms with Crippen molar-refractivity contribution in [1.82, 2.24) is 9.55 Å². The number of piperazine rings is 1. The number of aromatic nitrogens is 2. The summed E-state index contributed by atoms with van der Waals surface area (Å²) in [7, 11) is 0. The molecule has 1 amide bonds. The van der Waals surface area contributed by atoms with Crippen molar-refractivity contribution in [3.05, 3.63) is 105 Å². The highest BCUT2D eigenvalue weighted by atomic mass is 35.5. The molecule has 0 bridgehead atoms. The van der Waals surface area contributed by atoms with E-state index in [-0.39, 0.29) is 0 Å². The number of imidazole rings is 1. The van der Waals surface area contributed by atoms with Crippen molar-refractivity contribution in [2.24, 2.45) is 0 Å². The zero-order chi connectivity index (χ0) is 27.4. The zero-order valence-electron chi connectivity index (χ0n) is 20.7. The summed E-state index contributed by atoms with van der Waals surface area (Å²) in [6.45, 7) is 3.77. The van der Waals surface area contributed by atoms with E-state index in [0.717, 1.165) is 37.6 Å². The van der Waals surface area contributed by atoms with Crippen LogP contribution in [0.25, 0.3) is 0 Å². The van der Waals surface area contributed by atoms with Gasteiger partial charge in [0.1, 0.15) is 6.10 Å². The molecule has 1 aliphatic rings. The fourth-order valence-corrected chi connectivity index (χ4v) is 5.31. The van der Waals surface area contributed by atoms with Gasteiger partial charge in [-0.15, -0.1) is 0 Å². The zero-order valence-corrected chi connectivity index (χ0v) is 23.8. The Morgan fingerprint density at radius 1 is 0.846 bits per heavy atom. The van der Waals surface area contributed by atoms with E-state index in [1.165, 1.54) is 0 Å². The lowest BCUT2D eigenvalue weighted by Gasteiger charge is -2.37. The molecule has 0 aliphatic carbocycles. The Hall–Kier alpha value is -3.10. The number of benzene rings is 3. The second-order valence-corrected chi connectivity index (χ2v) is 10.7. The van der Waals surface area contributed by atoms with Crippen molar-refractivity contribution < 1.29 is 9.53 Å². The van der Waals surface area contributed by atoms with E-state index in [0.29, 0.717) is 37.9 Å². The summed E-state index contributed by atoms with van der Waals surface area (Å²) in [5.74, 6) is 0. The third kappa shape index (κ3) is 6.92. The minimum Gasteiger partial charge on any atom is -0.439 e. The number of amides is 1. The van der Waals surface area contributed by atoms with Crippen molar-refractivity contribution in [3.8, 4) is 0 Å². The van der Waals surface area contributed by atoms with Crippen LogP contribution in [-0.4, -0.2) is 41.8 Å². The standard InChI is InChI=1S/C28H25Cl4N5O2/c29-19-1-7-23(25(31)15-19)27(17-35-10-9-33-18-35)39-28(38)34-20-2-4-21(5-3-20)36-11-13-37(14-12-36)22-6-8-24(30)26(32)16-22/h1-10,15-16,18,27H,11-14,17H2,(H,34,38)/t27-/m0/s1. The van der Waals surface area contributed by atoms with E-state index in [1.807, 2.05) is 47.0 Å². The summed E-state index contributed by atoms with van der Waals surface area (Å²) >= 11 is 24.7. The molecular formula is C28H25Cl4N5O2. The van der Waals surface area contributed by atoms with Crippen LogP contribution in [0.15, 0.2) is 79.4 Å². The predicted molar refractivity (Wildman–Crippen MR) is 159 cm³/mol. The maximum Gasteiger partial charge on any atom is 0.412 e. The molecule has 7 nitrogen and oxygen atoms in total. The molecule has 5 rings (SSSR count). The van der Waals surface area contributed by atoms with Crippen molar-refractivity contribution in [2.45, 2.75) is 12.6 Å². The van der Waals surface area contributed by atoms with Gasteiger partial charge in [-0.05, 0) is 54.6 Å². The molecule has 39 heavy (non-hydrogen) atoms. The Morgan fingerprint density at radius 2 is 1.54 bits per heavy atom. The number of nitrogens with one attached hydrogen (secondary N) is 1. The summed E-state index contributed by atoms with van der Waals surface area (Å²) in [5.41, 5.74) is 3.42. The molecular weight excluding hydrogens is 580 g/mol. The molecule has 0 unspecified atom stereocenters. The van der Waals surface area contributed by atoms with Gasteiger partial charge >= 0.3 is 6.09 Å². The van der Waals surface area contributed by atoms with Crippen LogP contribution >= 0.6 is 46.4 Å². The molecule has 11 heteroatoms. The molecule has 0 saturated carbocycles. The molecule has 1 saturated heterocycles. The van der Waals surface area contributed by atoms with E-state index in [4.69, 9.17) is 51.1 Å². The highest BCUT2D eigenvalue weighted by Crippen LogP contribution is 2.31. The maximum absolute atomic E-state index is 12.8. The number of anilines is 3. The lowest BCUT2D eigenvalue weighted by molar-refractivity contribution is 0.0998. The Kier molecular flexibility index (Phi) is 8.72. The van der Waals surface area contributed by atoms with Crippen LogP contribution in [0.2, 0.25) is 20.1 Å². The first-order chi connectivity index (χ1) is 18.9. The van der Waals surface area contributed by atoms with Crippen molar-refractivity contribution >= 4 is 69.6 Å². The quantitative estimate of drug-likeness (QED) is 0.233. The Bertz CT molecular complexity index is 1420. The number of hydrogen-bond acceptors (Lipinski definition) is 5. The molecule has 1 aromatic heterocycles. The van der Waals surface area contributed by atoms with E-state index >= 15 is 0 Å². The highest BCUT2D eigenvalue weighted by molar-refractivity contribution is 6.42. The maximum atomic E-state index is 12.8. The molecule has 1 atom stereocenters. The molecule has 202 valence electrons. The molecule has 1 aliphatic heterocycles. The molecule has 4 aromatic rings. The summed E-state index contributed by atoms with van der Waals surface area (Å²) < 4.78 is 7.61. The average Bonchev–Trinajstić information content (AvgIpc) is 3.44. The Balaban J connectivity index is 1.19. The number of carbonyl (C=O) groups excluding carboxylic acids is 1. The van der Waals surface area contributed by atoms with Gasteiger partial charge in [-0.2, -0.15) is 0 Å². The minimum absolute atomic E-state index is 0.349. The van der Waals surface area contributed by atoms with Crippen LogP contribution in [0.3, 0.4) is 0 Å². The molecule has 1 fully saturated rings. The van der Waals surface area contributed by atoms with Crippen LogP contribution < -0.4 is 15.1 Å². The summed E-state index contributed by atoms with van der Waals surface area (Å²) in [6.07, 6.45) is 3.88. The molecule has 0 spiro atoms. The van der Waals surface area contributed by atoms with Crippen LogP contribution in [0, 0.1) is 0 Å². The number of halogens is 4. The SMILES string of the molecule is O=C(Nc1ccc(N2CCN(c3ccc(Cl)c(Cl)c3)CC2)cc1)O[C@@H](Cn1ccnc1)c1ccc(Cl)cc1Cl. The van der Waals surface area contributed by atoms with Gasteiger partial charge in [0, 0.05) is 71.2 Å². The minimum atomic E-state index is -0.643. The lowest BCUT2D eigenvalue weighted by Crippen LogP contribution is -2.46. The second kappa shape index (κ2) is 12.4. The van der Waals surface area contributed by atoms with Gasteiger partial charge in [-0.3, -0.25) is 5.32 Å². The molecule has 1 N–H and O–H groups in total. The number of ether oxygens (including phenoxy) is 1. The Labute approximate surface area is 246 Å². The van der Waals surface area contributed by atoms with Crippen LogP contribution in [0.5, 0.6) is 0 Å². The largest absolute Gasteiger partial charge is 0.439 e. The number of rotatable bonds is 7. The van der Waals surface area contributed by atoms with E-state index in [2.05, 4.69) is 20.1 Å². The van der Waals surface area contributed by atoms with Gasteiger partial charge in [0.05, 0.1) is 22.9 Å². The van der Waals surface area contributed by atoms with Gasteiger partial charge < -0.3 is 19.1 Å². The van der Waals surface area contributed by atoms with E-state index in [9.17, 15) is 4.79 Å². The second-order valence-electron chi connectivity index (χ2n) is 9.06. The number of carbonyl (C=O) groups is 1. The van der Waals surface area contributed by atoms with Gasteiger partial charge in [-0.25, -0.2) is 9.78 Å². The topological polar surface area (TPSA) is 62.6 Å². The highest BCUT2D eigenvalue weighted by Gasteiger charge is 2.22. The molecule has 0 radical (unpaired) electrons. The lowest BCUT2D eigenvalue weighted by atomic mass is 10.1. The third-order valence-electron chi connectivity index (χ3n) is 6.52. The molecule has 3 aromatic carbocycles. The van der Waals surface area contributed by atoms with E-state index in [1.54, 1.807) is 36.9 Å². The van der Waals surface area contributed by atoms with Crippen molar-refractivity contribution in [3.63, 3.8) is 0 Å². The Morgan fingerprint density at radius 3 is 2.18 bits per heavy atom. The van der Waals surface area contributed by atoms with Crippen molar-refractivity contribution in [2.75, 3.05) is 41.3 Å². The monoisotopic (exact) mass is 603 g/mol. The van der Waals surface area contributed by atoms with Gasteiger partial charge in [-0.1, -0.05) is 52.5 Å². The first-order valence-corrected chi connectivity index (χ1v) is 13.8. The third-order valence-corrected chi connectivity index (χ3v) is 7.82. The smallest absolute Gasteiger partial charge is 0.412 e. The molecule has 2 heterocycles. The van der Waals surface area contributed by atoms with Crippen LogP contribution in [0.4, 0.5) is 21.9 Å². The number of hydrogen-bond donors (Lipinski definition) is 1. The number of nitrogens with zero attached hydrogens (tertiary/aromatic N) is 4. The van der Waals surface area contributed by atoms with Gasteiger partial charge in [0.2, 0.25) is 0 Å². The van der Waals surface area contributed by atoms with Crippen LogP contribution in [0.1, 0.15) is 11.7 Å². The first-order valence-electron chi connectivity index (χ1n) is 12.3. The normalized spacial score (nSPS) is 14.3. The summed E-state index contributed by atoms with van der Waals surface area (Å²) in [6, 6.07) is 18.5. The van der Waals surface area contributed by atoms with Crippen molar-refractivity contribution in [1.29, 1.82) is 0 Å². The van der Waals surface area contributed by atoms with Gasteiger partial charge in [0.15, 0.2) is 0 Å². The first kappa shape index (κ1) is 27.5.